The molecule has 5 heteroatoms. The van der Waals surface area contributed by atoms with Crippen molar-refractivity contribution in [3.63, 3.8) is 0 Å². The SMILES string of the molecule is CCc1cc2c(cc1CC)CC(NC[C@H](C)c1ccc(N=O)c3[nH]c(=O)ccc13)C2. The smallest absolute Gasteiger partial charge is 0.248 e. The normalized spacial score (nSPS) is 14.8. The molecule has 3 aromatic rings. The summed E-state index contributed by atoms with van der Waals surface area (Å²) in [4.78, 5) is 25.6. The van der Waals surface area contributed by atoms with Crippen LogP contribution in [0.2, 0.25) is 0 Å². The average molecular weight is 404 g/mol. The van der Waals surface area contributed by atoms with Crippen molar-refractivity contribution in [1.82, 2.24) is 10.3 Å². The molecular weight excluding hydrogens is 374 g/mol. The predicted molar refractivity (Wildman–Crippen MR) is 123 cm³/mol. The summed E-state index contributed by atoms with van der Waals surface area (Å²) in [7, 11) is 0. The van der Waals surface area contributed by atoms with Crippen LogP contribution in [0.4, 0.5) is 5.69 Å². The van der Waals surface area contributed by atoms with Gasteiger partial charge < -0.3 is 10.3 Å². The molecule has 0 amide bonds. The third-order valence-corrected chi connectivity index (χ3v) is 6.47. The molecule has 1 heterocycles. The first-order valence-electron chi connectivity index (χ1n) is 10.9. The van der Waals surface area contributed by atoms with E-state index in [1.807, 2.05) is 6.07 Å². The Kier molecular flexibility index (Phi) is 5.82. The molecule has 2 aromatic carbocycles. The second kappa shape index (κ2) is 8.52. The van der Waals surface area contributed by atoms with E-state index >= 15 is 0 Å². The van der Waals surface area contributed by atoms with Crippen molar-refractivity contribution in [1.29, 1.82) is 0 Å². The van der Waals surface area contributed by atoms with E-state index < -0.39 is 0 Å². The van der Waals surface area contributed by atoms with Gasteiger partial charge in [0.05, 0.1) is 5.52 Å². The zero-order valence-corrected chi connectivity index (χ0v) is 17.9. The maximum Gasteiger partial charge on any atom is 0.248 e. The first-order valence-corrected chi connectivity index (χ1v) is 10.9. The summed E-state index contributed by atoms with van der Waals surface area (Å²) < 4.78 is 0. The van der Waals surface area contributed by atoms with Gasteiger partial charge in [0.25, 0.3) is 0 Å². The molecule has 5 nitrogen and oxygen atoms in total. The van der Waals surface area contributed by atoms with Crippen LogP contribution in [0.25, 0.3) is 10.9 Å². The zero-order valence-electron chi connectivity index (χ0n) is 17.9. The van der Waals surface area contributed by atoms with E-state index in [0.29, 0.717) is 11.6 Å². The van der Waals surface area contributed by atoms with Gasteiger partial charge >= 0.3 is 0 Å². The molecule has 0 saturated carbocycles. The molecule has 0 fully saturated rings. The van der Waals surface area contributed by atoms with Gasteiger partial charge in [0.2, 0.25) is 5.56 Å². The number of benzene rings is 2. The molecule has 1 atom stereocenters. The van der Waals surface area contributed by atoms with Gasteiger partial charge in [-0.25, -0.2) is 0 Å². The van der Waals surface area contributed by atoms with E-state index in [0.717, 1.165) is 43.2 Å². The molecule has 1 aliphatic rings. The van der Waals surface area contributed by atoms with Crippen molar-refractivity contribution in [2.24, 2.45) is 5.18 Å². The highest BCUT2D eigenvalue weighted by atomic mass is 16.3. The molecular formula is C25H29N3O2. The maximum atomic E-state index is 11.7. The largest absolute Gasteiger partial charge is 0.320 e. The van der Waals surface area contributed by atoms with Gasteiger partial charge in [0.15, 0.2) is 0 Å². The molecule has 0 saturated heterocycles. The highest BCUT2D eigenvalue weighted by Gasteiger charge is 2.23. The van der Waals surface area contributed by atoms with Crippen LogP contribution in [0.5, 0.6) is 0 Å². The predicted octanol–water partition coefficient (Wildman–Crippen LogP) is 4.91. The van der Waals surface area contributed by atoms with Crippen molar-refractivity contribution in [2.45, 2.75) is 58.4 Å². The molecule has 0 bridgehead atoms. The number of aromatic nitrogens is 1. The summed E-state index contributed by atoms with van der Waals surface area (Å²) in [6, 6.07) is 12.2. The fourth-order valence-electron chi connectivity index (χ4n) is 4.80. The molecule has 1 aliphatic carbocycles. The van der Waals surface area contributed by atoms with Crippen LogP contribution < -0.4 is 10.9 Å². The molecule has 0 spiro atoms. The first kappa shape index (κ1) is 20.5. The summed E-state index contributed by atoms with van der Waals surface area (Å²) in [5, 5.41) is 7.70. The molecule has 1 aromatic heterocycles. The van der Waals surface area contributed by atoms with E-state index in [2.05, 4.69) is 48.4 Å². The minimum atomic E-state index is -0.225. The van der Waals surface area contributed by atoms with Gasteiger partial charge in [-0.05, 0) is 76.7 Å². The van der Waals surface area contributed by atoms with Crippen molar-refractivity contribution >= 4 is 16.6 Å². The van der Waals surface area contributed by atoms with Gasteiger partial charge in [-0.3, -0.25) is 4.79 Å². The van der Waals surface area contributed by atoms with Gasteiger partial charge in [-0.2, -0.15) is 0 Å². The quantitative estimate of drug-likeness (QED) is 0.550. The van der Waals surface area contributed by atoms with Crippen molar-refractivity contribution in [3.05, 3.63) is 79.5 Å². The van der Waals surface area contributed by atoms with Crippen LogP contribution in [0.3, 0.4) is 0 Å². The fraction of sp³-hybridized carbons (Fsp3) is 0.400. The second-order valence-corrected chi connectivity index (χ2v) is 8.39. The van der Waals surface area contributed by atoms with Gasteiger partial charge in [-0.15, -0.1) is 4.91 Å². The molecule has 156 valence electrons. The number of nitroso groups, excluding NO2 is 1. The summed E-state index contributed by atoms with van der Waals surface area (Å²) in [5.74, 6) is 0.236. The Hall–Kier alpha value is -2.79. The van der Waals surface area contributed by atoms with Crippen LogP contribution in [0, 0.1) is 4.91 Å². The number of rotatable bonds is 7. The second-order valence-electron chi connectivity index (χ2n) is 8.39. The van der Waals surface area contributed by atoms with Crippen LogP contribution in [-0.4, -0.2) is 17.6 Å². The Morgan fingerprint density at radius 2 is 1.73 bits per heavy atom. The van der Waals surface area contributed by atoms with Crippen molar-refractivity contribution in [3.8, 4) is 0 Å². The summed E-state index contributed by atoms with van der Waals surface area (Å²) >= 11 is 0. The molecule has 2 N–H and O–H groups in total. The third kappa shape index (κ3) is 3.82. The lowest BCUT2D eigenvalue weighted by atomic mass is 9.95. The van der Waals surface area contributed by atoms with E-state index in [9.17, 15) is 9.70 Å². The molecule has 0 radical (unpaired) electrons. The molecule has 4 rings (SSSR count). The number of nitrogens with zero attached hydrogens (tertiary/aromatic N) is 1. The van der Waals surface area contributed by atoms with E-state index in [4.69, 9.17) is 0 Å². The van der Waals surface area contributed by atoms with Crippen molar-refractivity contribution < 1.29 is 0 Å². The van der Waals surface area contributed by atoms with E-state index in [1.165, 1.54) is 28.3 Å². The Morgan fingerprint density at radius 3 is 2.33 bits per heavy atom. The topological polar surface area (TPSA) is 74.3 Å². The zero-order chi connectivity index (χ0) is 21.3. The maximum absolute atomic E-state index is 11.7. The number of aryl methyl sites for hydroxylation is 2. The van der Waals surface area contributed by atoms with Gasteiger partial charge in [0.1, 0.15) is 5.69 Å². The number of aromatic amines is 1. The molecule has 0 aliphatic heterocycles. The van der Waals surface area contributed by atoms with Gasteiger partial charge in [-0.1, -0.05) is 39.0 Å². The fourth-order valence-corrected chi connectivity index (χ4v) is 4.80. The van der Waals surface area contributed by atoms with Crippen molar-refractivity contribution in [2.75, 3.05) is 6.54 Å². The molecule has 30 heavy (non-hydrogen) atoms. The minimum Gasteiger partial charge on any atom is -0.320 e. The summed E-state index contributed by atoms with van der Waals surface area (Å²) in [6.07, 6.45) is 4.32. The number of hydrogen-bond donors (Lipinski definition) is 2. The summed E-state index contributed by atoms with van der Waals surface area (Å²) in [5.41, 5.74) is 7.61. The lowest BCUT2D eigenvalue weighted by molar-refractivity contribution is 0.507. The highest BCUT2D eigenvalue weighted by Crippen LogP contribution is 2.31. The van der Waals surface area contributed by atoms with Crippen LogP contribution in [0.15, 0.2) is 46.4 Å². The summed E-state index contributed by atoms with van der Waals surface area (Å²) in [6.45, 7) is 7.47. The number of nitrogens with one attached hydrogen (secondary N) is 2. The third-order valence-electron chi connectivity index (χ3n) is 6.47. The first-order chi connectivity index (χ1) is 14.5. The lowest BCUT2D eigenvalue weighted by Gasteiger charge is -2.19. The number of fused-ring (bicyclic) bond motifs is 2. The standard InChI is InChI=1S/C25H29N3O2/c1-4-16-10-18-12-20(13-19(18)11-17(16)5-2)26-14-15(3)21-6-8-23(28-30)25-22(21)7-9-24(29)27-25/h6-11,15,20,26H,4-5,12-14H2,1-3H3,(H,27,29)/t15-/m0/s1. The lowest BCUT2D eigenvalue weighted by Crippen LogP contribution is -2.32. The van der Waals surface area contributed by atoms with Gasteiger partial charge in [0, 0.05) is 24.0 Å². The average Bonchev–Trinajstić information content (AvgIpc) is 3.17. The molecule has 0 unspecified atom stereocenters. The van der Waals surface area contributed by atoms with E-state index in [1.54, 1.807) is 12.1 Å². The Morgan fingerprint density at radius 1 is 1.07 bits per heavy atom. The monoisotopic (exact) mass is 403 g/mol. The number of pyridine rings is 1. The van der Waals surface area contributed by atoms with Crippen LogP contribution >= 0.6 is 0 Å². The Balaban J connectivity index is 1.50. The Labute approximate surface area is 176 Å². The number of hydrogen-bond acceptors (Lipinski definition) is 4. The highest BCUT2D eigenvalue weighted by molar-refractivity contribution is 5.91. The van der Waals surface area contributed by atoms with E-state index in [-0.39, 0.29) is 17.2 Å². The Bertz CT molecular complexity index is 1120. The minimum absolute atomic E-state index is 0.225. The van der Waals surface area contributed by atoms with Crippen LogP contribution in [0.1, 0.15) is 54.5 Å². The van der Waals surface area contributed by atoms with Crippen LogP contribution in [-0.2, 0) is 25.7 Å². The number of H-pyrrole nitrogens is 1.